The number of thiophene rings is 1. The summed E-state index contributed by atoms with van der Waals surface area (Å²) in [6, 6.07) is 11.8. The van der Waals surface area contributed by atoms with Crippen LogP contribution in [0, 0.1) is 0 Å². The molecule has 0 radical (unpaired) electrons. The molecule has 7 heteroatoms. The number of amidine groups is 1. The van der Waals surface area contributed by atoms with Gasteiger partial charge in [-0.3, -0.25) is 9.79 Å². The van der Waals surface area contributed by atoms with Gasteiger partial charge in [-0.05, 0) is 24.1 Å². The third kappa shape index (κ3) is 4.06. The second-order valence-corrected chi connectivity index (χ2v) is 8.45. The van der Waals surface area contributed by atoms with Gasteiger partial charge in [0.15, 0.2) is 5.78 Å². The van der Waals surface area contributed by atoms with Crippen molar-refractivity contribution in [2.75, 3.05) is 20.1 Å². The lowest BCUT2D eigenvalue weighted by Gasteiger charge is -2.13. The van der Waals surface area contributed by atoms with Crippen LogP contribution in [-0.2, 0) is 4.84 Å². The number of aliphatic imine (C=N–C) groups is 1. The number of benzene rings is 1. The fourth-order valence-electron chi connectivity index (χ4n) is 3.29. The molecule has 1 atom stereocenters. The Balaban J connectivity index is 1.32. The summed E-state index contributed by atoms with van der Waals surface area (Å²) in [4.78, 5) is 25.2. The molecule has 1 aromatic heterocycles. The molecule has 2 aliphatic rings. The highest BCUT2D eigenvalue weighted by molar-refractivity contribution is 7.18. The standard InChI is InChI=1S/C20H20ClN3O2S/c1-24-11-10-22-20(24)14-4-2-13(3-5-14)16-12-15(26-23-16)6-7-17(25)18-8-9-19(21)27-18/h2-5,8-9,15H,6-7,10-12H2,1H3. The van der Waals surface area contributed by atoms with Crippen molar-refractivity contribution >= 4 is 40.3 Å². The molecule has 27 heavy (non-hydrogen) atoms. The second kappa shape index (κ2) is 7.82. The Bertz CT molecular complexity index is 904. The number of rotatable bonds is 6. The topological polar surface area (TPSA) is 54.3 Å². The van der Waals surface area contributed by atoms with E-state index in [0.717, 1.165) is 42.2 Å². The summed E-state index contributed by atoms with van der Waals surface area (Å²) in [6.07, 6.45) is 1.76. The molecular weight excluding hydrogens is 382 g/mol. The van der Waals surface area contributed by atoms with Crippen molar-refractivity contribution < 1.29 is 9.63 Å². The highest BCUT2D eigenvalue weighted by Gasteiger charge is 2.24. The summed E-state index contributed by atoms with van der Waals surface area (Å²) in [7, 11) is 2.06. The first-order chi connectivity index (χ1) is 13.1. The Morgan fingerprint density at radius 2 is 2.04 bits per heavy atom. The van der Waals surface area contributed by atoms with Gasteiger partial charge in [0.05, 0.1) is 21.5 Å². The van der Waals surface area contributed by atoms with Gasteiger partial charge in [-0.1, -0.05) is 41.0 Å². The molecule has 0 saturated heterocycles. The Hall–Kier alpha value is -2.18. The first-order valence-corrected chi connectivity index (χ1v) is 10.2. The van der Waals surface area contributed by atoms with E-state index < -0.39 is 0 Å². The average Bonchev–Trinajstić information content (AvgIpc) is 3.41. The molecule has 0 aliphatic carbocycles. The number of hydrogen-bond donors (Lipinski definition) is 0. The maximum absolute atomic E-state index is 12.2. The van der Waals surface area contributed by atoms with E-state index >= 15 is 0 Å². The second-order valence-electron chi connectivity index (χ2n) is 6.74. The number of likely N-dealkylation sites (N-methyl/N-ethyl adjacent to an activating group) is 1. The predicted molar refractivity (Wildman–Crippen MR) is 109 cm³/mol. The number of carbonyl (C=O) groups is 1. The molecule has 2 aromatic rings. The lowest BCUT2D eigenvalue weighted by atomic mass is 10.00. The van der Waals surface area contributed by atoms with Gasteiger partial charge in [0.1, 0.15) is 11.9 Å². The number of nitrogens with zero attached hydrogens (tertiary/aromatic N) is 3. The molecular formula is C20H20ClN3O2S. The molecule has 0 spiro atoms. The minimum absolute atomic E-state index is 0.0515. The van der Waals surface area contributed by atoms with Gasteiger partial charge in [0.2, 0.25) is 0 Å². The molecule has 5 nitrogen and oxygen atoms in total. The van der Waals surface area contributed by atoms with Crippen LogP contribution < -0.4 is 0 Å². The van der Waals surface area contributed by atoms with Crippen LogP contribution in [0.4, 0.5) is 0 Å². The molecule has 1 unspecified atom stereocenters. The van der Waals surface area contributed by atoms with Gasteiger partial charge in [0.25, 0.3) is 0 Å². The number of Topliss-reactive ketones (excluding diaryl/α,β-unsaturated/α-hetero) is 1. The smallest absolute Gasteiger partial charge is 0.172 e. The monoisotopic (exact) mass is 401 g/mol. The average molecular weight is 402 g/mol. The van der Waals surface area contributed by atoms with Gasteiger partial charge < -0.3 is 9.74 Å². The van der Waals surface area contributed by atoms with Crippen LogP contribution >= 0.6 is 22.9 Å². The summed E-state index contributed by atoms with van der Waals surface area (Å²) in [6.45, 7) is 1.82. The van der Waals surface area contributed by atoms with Gasteiger partial charge >= 0.3 is 0 Å². The lowest BCUT2D eigenvalue weighted by Crippen LogP contribution is -2.23. The van der Waals surface area contributed by atoms with Crippen molar-refractivity contribution in [1.82, 2.24) is 4.90 Å². The number of carbonyl (C=O) groups excluding carboxylic acids is 1. The molecule has 3 heterocycles. The Morgan fingerprint density at radius 3 is 2.70 bits per heavy atom. The van der Waals surface area contributed by atoms with E-state index in [4.69, 9.17) is 16.4 Å². The quantitative estimate of drug-likeness (QED) is 0.680. The lowest BCUT2D eigenvalue weighted by molar-refractivity contribution is 0.0720. The molecule has 0 amide bonds. The van der Waals surface area contributed by atoms with Gasteiger partial charge in [-0.2, -0.15) is 0 Å². The van der Waals surface area contributed by atoms with Crippen LogP contribution in [0.3, 0.4) is 0 Å². The summed E-state index contributed by atoms with van der Waals surface area (Å²) in [5.74, 6) is 1.14. The fraction of sp³-hybridized carbons (Fsp3) is 0.350. The van der Waals surface area contributed by atoms with Crippen molar-refractivity contribution in [1.29, 1.82) is 0 Å². The van der Waals surface area contributed by atoms with Crippen LogP contribution in [0.15, 0.2) is 46.5 Å². The molecule has 0 fully saturated rings. The van der Waals surface area contributed by atoms with Gasteiger partial charge in [0, 0.05) is 32.0 Å². The molecule has 0 N–H and O–H groups in total. The van der Waals surface area contributed by atoms with E-state index in [-0.39, 0.29) is 11.9 Å². The Labute approximate surface area is 167 Å². The van der Waals surface area contributed by atoms with E-state index in [0.29, 0.717) is 22.1 Å². The van der Waals surface area contributed by atoms with Crippen molar-refractivity contribution in [3.05, 3.63) is 56.7 Å². The minimum Gasteiger partial charge on any atom is -0.392 e. The van der Waals surface area contributed by atoms with Crippen LogP contribution in [0.25, 0.3) is 0 Å². The number of halogens is 1. The van der Waals surface area contributed by atoms with Crippen LogP contribution in [0.1, 0.15) is 40.1 Å². The molecule has 140 valence electrons. The SMILES string of the molecule is CN1CCN=C1c1ccc(C2=NOC(CCC(=O)c3ccc(Cl)s3)C2)cc1. The zero-order valence-corrected chi connectivity index (χ0v) is 16.6. The van der Waals surface area contributed by atoms with Gasteiger partial charge in [-0.15, -0.1) is 11.3 Å². The zero-order chi connectivity index (χ0) is 18.8. The zero-order valence-electron chi connectivity index (χ0n) is 15.0. The van der Waals surface area contributed by atoms with Crippen LogP contribution in [0.2, 0.25) is 4.34 Å². The maximum Gasteiger partial charge on any atom is 0.172 e. The summed E-state index contributed by atoms with van der Waals surface area (Å²) >= 11 is 7.21. The maximum atomic E-state index is 12.2. The fourth-order valence-corrected chi connectivity index (χ4v) is 4.30. The minimum atomic E-state index is -0.0515. The molecule has 0 bridgehead atoms. The summed E-state index contributed by atoms with van der Waals surface area (Å²) < 4.78 is 0.638. The third-order valence-corrected chi connectivity index (χ3v) is 6.08. The largest absolute Gasteiger partial charge is 0.392 e. The van der Waals surface area contributed by atoms with Gasteiger partial charge in [-0.25, -0.2) is 0 Å². The van der Waals surface area contributed by atoms with E-state index in [1.54, 1.807) is 12.1 Å². The normalized spacial score (nSPS) is 19.0. The molecule has 1 aromatic carbocycles. The number of oxime groups is 1. The van der Waals surface area contributed by atoms with E-state index in [1.807, 2.05) is 0 Å². The highest BCUT2D eigenvalue weighted by Crippen LogP contribution is 2.25. The Kier molecular flexibility index (Phi) is 5.27. The van der Waals surface area contributed by atoms with E-state index in [9.17, 15) is 4.79 Å². The molecule has 2 aliphatic heterocycles. The van der Waals surface area contributed by atoms with Crippen LogP contribution in [-0.4, -0.2) is 48.5 Å². The van der Waals surface area contributed by atoms with E-state index in [2.05, 4.69) is 46.4 Å². The van der Waals surface area contributed by atoms with Crippen LogP contribution in [0.5, 0.6) is 0 Å². The summed E-state index contributed by atoms with van der Waals surface area (Å²) in [5, 5.41) is 4.23. The molecule has 4 rings (SSSR count). The van der Waals surface area contributed by atoms with Crippen molar-refractivity contribution in [3.63, 3.8) is 0 Å². The summed E-state index contributed by atoms with van der Waals surface area (Å²) in [5.41, 5.74) is 3.11. The van der Waals surface area contributed by atoms with Crippen molar-refractivity contribution in [3.8, 4) is 0 Å². The van der Waals surface area contributed by atoms with Crippen molar-refractivity contribution in [2.45, 2.75) is 25.4 Å². The molecule has 0 saturated carbocycles. The highest BCUT2D eigenvalue weighted by atomic mass is 35.5. The number of hydrogen-bond acceptors (Lipinski definition) is 6. The predicted octanol–water partition coefficient (Wildman–Crippen LogP) is 4.25. The third-order valence-electron chi connectivity index (χ3n) is 4.81. The Morgan fingerprint density at radius 1 is 1.26 bits per heavy atom. The first-order valence-electron chi connectivity index (χ1n) is 8.98. The van der Waals surface area contributed by atoms with E-state index in [1.165, 1.54) is 11.3 Å². The number of ketones is 1. The van der Waals surface area contributed by atoms with Crippen molar-refractivity contribution in [2.24, 2.45) is 10.1 Å². The first kappa shape index (κ1) is 18.2.